The van der Waals surface area contributed by atoms with Gasteiger partial charge in [0.1, 0.15) is 12.6 Å². The van der Waals surface area contributed by atoms with E-state index in [1.165, 1.54) is 17.0 Å². The van der Waals surface area contributed by atoms with Crippen molar-refractivity contribution >= 4 is 27.5 Å². The van der Waals surface area contributed by atoms with Gasteiger partial charge in [0, 0.05) is 12.6 Å². The van der Waals surface area contributed by atoms with Crippen LogP contribution in [0.4, 0.5) is 5.69 Å². The van der Waals surface area contributed by atoms with Crippen LogP contribution < -0.4 is 9.62 Å². The van der Waals surface area contributed by atoms with E-state index in [0.29, 0.717) is 12.1 Å². The van der Waals surface area contributed by atoms with Gasteiger partial charge in [0.05, 0.1) is 10.6 Å². The zero-order valence-corrected chi connectivity index (χ0v) is 23.5. The number of anilines is 1. The van der Waals surface area contributed by atoms with Gasteiger partial charge in [-0.3, -0.25) is 13.9 Å². The van der Waals surface area contributed by atoms with Crippen LogP contribution in [0.25, 0.3) is 0 Å². The third-order valence-corrected chi connectivity index (χ3v) is 8.11. The van der Waals surface area contributed by atoms with E-state index in [9.17, 15) is 18.0 Å². The Balaban J connectivity index is 2.07. The van der Waals surface area contributed by atoms with E-state index >= 15 is 0 Å². The lowest BCUT2D eigenvalue weighted by Crippen LogP contribution is -2.53. The molecule has 0 saturated carbocycles. The molecule has 0 spiro atoms. The summed E-state index contributed by atoms with van der Waals surface area (Å²) in [7, 11) is -4.07. The predicted molar refractivity (Wildman–Crippen MR) is 151 cm³/mol. The average Bonchev–Trinajstić information content (AvgIpc) is 2.88. The summed E-state index contributed by atoms with van der Waals surface area (Å²) in [5, 5.41) is 2.91. The second-order valence-corrected chi connectivity index (χ2v) is 11.6. The van der Waals surface area contributed by atoms with Crippen LogP contribution in [0, 0.1) is 13.8 Å². The van der Waals surface area contributed by atoms with Crippen LogP contribution in [-0.4, -0.2) is 43.8 Å². The summed E-state index contributed by atoms with van der Waals surface area (Å²) >= 11 is 0. The van der Waals surface area contributed by atoms with E-state index in [1.807, 2.05) is 65.0 Å². The van der Waals surface area contributed by atoms with E-state index in [0.717, 1.165) is 21.0 Å². The van der Waals surface area contributed by atoms with Crippen LogP contribution in [0.2, 0.25) is 0 Å². The number of aryl methyl sites for hydroxylation is 2. The Morgan fingerprint density at radius 1 is 0.895 bits per heavy atom. The van der Waals surface area contributed by atoms with Crippen LogP contribution in [-0.2, 0) is 26.2 Å². The van der Waals surface area contributed by atoms with E-state index in [-0.39, 0.29) is 23.4 Å². The second kappa shape index (κ2) is 12.7. The highest BCUT2D eigenvalue weighted by atomic mass is 32.2. The first-order valence-electron chi connectivity index (χ1n) is 12.8. The van der Waals surface area contributed by atoms with Crippen molar-refractivity contribution in [3.05, 3.63) is 95.6 Å². The van der Waals surface area contributed by atoms with Crippen molar-refractivity contribution in [2.24, 2.45) is 0 Å². The van der Waals surface area contributed by atoms with E-state index in [4.69, 9.17) is 0 Å². The predicted octanol–water partition coefficient (Wildman–Crippen LogP) is 4.83. The number of carbonyl (C=O) groups is 2. The fraction of sp³-hybridized carbons (Fsp3) is 0.333. The van der Waals surface area contributed by atoms with Gasteiger partial charge in [-0.1, -0.05) is 61.5 Å². The third-order valence-electron chi connectivity index (χ3n) is 6.32. The minimum atomic E-state index is -4.07. The number of carbonyl (C=O) groups excluding carboxylic acids is 2. The van der Waals surface area contributed by atoms with Crippen molar-refractivity contribution in [1.82, 2.24) is 10.2 Å². The molecule has 0 heterocycles. The molecule has 0 aliphatic heterocycles. The highest BCUT2D eigenvalue weighted by Crippen LogP contribution is 2.26. The van der Waals surface area contributed by atoms with Gasteiger partial charge in [-0.15, -0.1) is 0 Å². The first-order chi connectivity index (χ1) is 18.0. The van der Waals surface area contributed by atoms with E-state index < -0.39 is 28.5 Å². The normalized spacial score (nSPS) is 12.2. The summed E-state index contributed by atoms with van der Waals surface area (Å²) in [5.41, 5.74) is 3.13. The molecule has 0 fully saturated rings. The third kappa shape index (κ3) is 7.01. The van der Waals surface area contributed by atoms with Crippen LogP contribution in [0.1, 0.15) is 43.9 Å². The maximum absolute atomic E-state index is 14.0. The average molecular weight is 536 g/mol. The van der Waals surface area contributed by atoms with Crippen LogP contribution in [0.3, 0.4) is 0 Å². The molecule has 1 N–H and O–H groups in total. The minimum Gasteiger partial charge on any atom is -0.352 e. The monoisotopic (exact) mass is 535 g/mol. The van der Waals surface area contributed by atoms with Gasteiger partial charge >= 0.3 is 0 Å². The SMILES string of the molecule is CCC(C(=O)NC(C)C)N(Cc1ccccc1C)C(=O)CN(c1cccc(C)c1)S(=O)(=O)c1ccccc1. The summed E-state index contributed by atoms with van der Waals surface area (Å²) in [6.45, 7) is 9.13. The number of hydrogen-bond acceptors (Lipinski definition) is 4. The van der Waals surface area contributed by atoms with Gasteiger partial charge in [-0.2, -0.15) is 0 Å². The fourth-order valence-corrected chi connectivity index (χ4v) is 5.73. The summed E-state index contributed by atoms with van der Waals surface area (Å²) in [4.78, 5) is 28.8. The van der Waals surface area contributed by atoms with Crippen molar-refractivity contribution in [1.29, 1.82) is 0 Å². The quantitative estimate of drug-likeness (QED) is 0.381. The highest BCUT2D eigenvalue weighted by molar-refractivity contribution is 7.92. The minimum absolute atomic E-state index is 0.0874. The number of nitrogens with one attached hydrogen (secondary N) is 1. The number of benzene rings is 3. The van der Waals surface area contributed by atoms with Crippen molar-refractivity contribution in [3.8, 4) is 0 Å². The first kappa shape index (κ1) is 28.9. The Bertz CT molecular complexity index is 1360. The molecule has 3 aromatic carbocycles. The highest BCUT2D eigenvalue weighted by Gasteiger charge is 2.34. The molecule has 2 amide bonds. The molecule has 1 unspecified atom stereocenters. The topological polar surface area (TPSA) is 86.8 Å². The largest absolute Gasteiger partial charge is 0.352 e. The van der Waals surface area contributed by atoms with Crippen LogP contribution in [0.5, 0.6) is 0 Å². The molecule has 7 nitrogen and oxygen atoms in total. The van der Waals surface area contributed by atoms with Gasteiger partial charge in [-0.25, -0.2) is 8.42 Å². The molecule has 3 aromatic rings. The number of amides is 2. The summed E-state index contributed by atoms with van der Waals surface area (Å²) in [5.74, 6) is -0.725. The zero-order chi connectivity index (χ0) is 27.9. The van der Waals surface area contributed by atoms with E-state index in [2.05, 4.69) is 5.32 Å². The molecular formula is C30H37N3O4S. The Labute approximate surface area is 226 Å². The summed E-state index contributed by atoms with van der Waals surface area (Å²) < 4.78 is 28.8. The van der Waals surface area contributed by atoms with Gasteiger partial charge in [0.2, 0.25) is 11.8 Å². The van der Waals surface area contributed by atoms with Gasteiger partial charge in [0.15, 0.2) is 0 Å². The molecular weight excluding hydrogens is 498 g/mol. The Morgan fingerprint density at radius 2 is 1.55 bits per heavy atom. The Morgan fingerprint density at radius 3 is 2.16 bits per heavy atom. The van der Waals surface area contributed by atoms with Crippen molar-refractivity contribution in [2.45, 2.75) is 64.6 Å². The molecule has 1 atom stereocenters. The standard InChI is InChI=1S/C30H37N3O4S/c1-6-28(30(35)31-22(2)3)32(20-25-15-11-10-14-24(25)5)29(34)21-33(26-16-12-13-23(4)19-26)38(36,37)27-17-8-7-9-18-27/h7-19,22,28H,6,20-21H2,1-5H3,(H,31,35). The number of hydrogen-bond donors (Lipinski definition) is 1. The second-order valence-electron chi connectivity index (χ2n) is 9.70. The maximum Gasteiger partial charge on any atom is 0.264 e. The van der Waals surface area contributed by atoms with Crippen molar-refractivity contribution in [3.63, 3.8) is 0 Å². The van der Waals surface area contributed by atoms with Gasteiger partial charge < -0.3 is 10.2 Å². The lowest BCUT2D eigenvalue weighted by molar-refractivity contribution is -0.140. The Hall–Kier alpha value is -3.65. The van der Waals surface area contributed by atoms with Crippen LogP contribution >= 0.6 is 0 Å². The van der Waals surface area contributed by atoms with Crippen LogP contribution in [0.15, 0.2) is 83.8 Å². The molecule has 8 heteroatoms. The molecule has 0 aliphatic rings. The lowest BCUT2D eigenvalue weighted by atomic mass is 10.1. The molecule has 0 aromatic heterocycles. The molecule has 0 bridgehead atoms. The zero-order valence-electron chi connectivity index (χ0n) is 22.7. The van der Waals surface area contributed by atoms with Gasteiger partial charge in [-0.05, 0) is 75.1 Å². The first-order valence-corrected chi connectivity index (χ1v) is 14.3. The molecule has 0 aliphatic carbocycles. The van der Waals surface area contributed by atoms with Gasteiger partial charge in [0.25, 0.3) is 10.0 Å². The molecule has 202 valence electrons. The summed E-state index contributed by atoms with van der Waals surface area (Å²) in [6.07, 6.45) is 0.381. The maximum atomic E-state index is 14.0. The summed E-state index contributed by atoms with van der Waals surface area (Å²) in [6, 6.07) is 21.9. The molecule has 3 rings (SSSR count). The Kier molecular flexibility index (Phi) is 9.69. The number of sulfonamides is 1. The van der Waals surface area contributed by atoms with Crippen molar-refractivity contribution < 1.29 is 18.0 Å². The van der Waals surface area contributed by atoms with E-state index in [1.54, 1.807) is 36.4 Å². The number of rotatable bonds is 11. The molecule has 0 saturated heterocycles. The smallest absolute Gasteiger partial charge is 0.264 e. The molecule has 38 heavy (non-hydrogen) atoms. The fourth-order valence-electron chi connectivity index (χ4n) is 4.30. The molecule has 0 radical (unpaired) electrons. The number of nitrogens with zero attached hydrogens (tertiary/aromatic N) is 2. The van der Waals surface area contributed by atoms with Crippen molar-refractivity contribution in [2.75, 3.05) is 10.8 Å². The lowest BCUT2D eigenvalue weighted by Gasteiger charge is -2.34.